The number of carbonyl (C=O) groups excluding carboxylic acids is 1. The van der Waals surface area contributed by atoms with Gasteiger partial charge in [-0.3, -0.25) is 9.79 Å². The summed E-state index contributed by atoms with van der Waals surface area (Å²) in [5.41, 5.74) is 1.99. The number of halogens is 3. The Kier molecular flexibility index (Phi) is 9.22. The molecule has 3 N–H and O–H groups in total. The summed E-state index contributed by atoms with van der Waals surface area (Å²) in [6.45, 7) is 11.1. The van der Waals surface area contributed by atoms with Crippen LogP contribution in [0.5, 0.6) is 0 Å². The normalized spacial score (nSPS) is 19.0. The molecular formula is C25H31F3N4O. The molecule has 5 nitrogen and oxygen atoms in total. The Morgan fingerprint density at radius 3 is 2.61 bits per heavy atom. The first-order chi connectivity index (χ1) is 15.6. The van der Waals surface area contributed by atoms with Crippen molar-refractivity contribution in [2.45, 2.75) is 46.3 Å². The van der Waals surface area contributed by atoms with Crippen molar-refractivity contribution in [3.05, 3.63) is 76.7 Å². The van der Waals surface area contributed by atoms with Gasteiger partial charge in [-0.05, 0) is 57.5 Å². The van der Waals surface area contributed by atoms with Crippen LogP contribution in [0.4, 0.5) is 18.9 Å². The molecule has 33 heavy (non-hydrogen) atoms. The van der Waals surface area contributed by atoms with Gasteiger partial charge >= 0.3 is 0 Å². The number of allylic oxidation sites excluding steroid dienone is 4. The molecule has 1 aliphatic carbocycles. The minimum absolute atomic E-state index is 0.141. The predicted octanol–water partition coefficient (Wildman–Crippen LogP) is 5.28. The summed E-state index contributed by atoms with van der Waals surface area (Å²) in [6.07, 6.45) is 3.51. The average molecular weight is 461 g/mol. The summed E-state index contributed by atoms with van der Waals surface area (Å²) < 4.78 is 43.3. The minimum Gasteiger partial charge on any atom is -0.352 e. The summed E-state index contributed by atoms with van der Waals surface area (Å²) in [6, 6.07) is 2.31. The zero-order chi connectivity index (χ0) is 24.7. The number of nitrogens with one attached hydrogen (secondary N) is 3. The van der Waals surface area contributed by atoms with Gasteiger partial charge < -0.3 is 16.0 Å². The van der Waals surface area contributed by atoms with E-state index in [2.05, 4.69) is 27.5 Å². The largest absolute Gasteiger partial charge is 0.352 e. The van der Waals surface area contributed by atoms with Gasteiger partial charge in [0.1, 0.15) is 11.6 Å². The van der Waals surface area contributed by atoms with Gasteiger partial charge in [-0.15, -0.1) is 0 Å². The smallest absolute Gasteiger partial charge is 0.251 e. The van der Waals surface area contributed by atoms with Gasteiger partial charge in [-0.25, -0.2) is 13.2 Å². The number of aliphatic imine (C=N–C) groups is 1. The van der Waals surface area contributed by atoms with Crippen molar-refractivity contribution < 1.29 is 18.0 Å². The molecule has 0 saturated heterocycles. The topological polar surface area (TPSA) is 65.5 Å². The fourth-order valence-electron chi connectivity index (χ4n) is 3.20. The van der Waals surface area contributed by atoms with Gasteiger partial charge in [-0.2, -0.15) is 0 Å². The molecule has 1 aromatic rings. The van der Waals surface area contributed by atoms with Gasteiger partial charge in [0, 0.05) is 23.9 Å². The van der Waals surface area contributed by atoms with E-state index in [9.17, 15) is 18.0 Å². The van der Waals surface area contributed by atoms with Crippen LogP contribution < -0.4 is 16.0 Å². The molecule has 2 unspecified atom stereocenters. The van der Waals surface area contributed by atoms with Gasteiger partial charge in [-0.1, -0.05) is 25.7 Å². The van der Waals surface area contributed by atoms with E-state index in [4.69, 9.17) is 0 Å². The van der Waals surface area contributed by atoms with Gasteiger partial charge in [0.25, 0.3) is 5.91 Å². The van der Waals surface area contributed by atoms with E-state index in [1.165, 1.54) is 25.3 Å². The second-order valence-corrected chi connectivity index (χ2v) is 7.82. The highest BCUT2D eigenvalue weighted by Crippen LogP contribution is 2.28. The molecule has 2 rings (SSSR count). The third-order valence-corrected chi connectivity index (χ3v) is 5.38. The minimum atomic E-state index is -1.77. The number of benzene rings is 1. The Hall–Kier alpha value is -3.13. The maximum atomic E-state index is 14.8. The number of carbonyl (C=O) groups is 1. The van der Waals surface area contributed by atoms with E-state index >= 15 is 0 Å². The molecule has 0 bridgehead atoms. The summed E-state index contributed by atoms with van der Waals surface area (Å²) in [5.74, 6) is -1.74. The highest BCUT2D eigenvalue weighted by molar-refractivity contribution is 6.01. The van der Waals surface area contributed by atoms with Crippen molar-refractivity contribution in [2.75, 3.05) is 18.9 Å². The maximum absolute atomic E-state index is 14.8. The van der Waals surface area contributed by atoms with Crippen LogP contribution in [0.25, 0.3) is 0 Å². The lowest BCUT2D eigenvalue weighted by Gasteiger charge is -2.22. The second-order valence-electron chi connectivity index (χ2n) is 7.82. The van der Waals surface area contributed by atoms with Crippen LogP contribution in [0, 0.1) is 12.7 Å². The van der Waals surface area contributed by atoms with Gasteiger partial charge in [0.15, 0.2) is 6.17 Å². The molecule has 1 aliphatic rings. The van der Waals surface area contributed by atoms with E-state index in [-0.39, 0.29) is 28.3 Å². The van der Waals surface area contributed by atoms with Crippen LogP contribution in [0.3, 0.4) is 0 Å². The highest BCUT2D eigenvalue weighted by Gasteiger charge is 2.28. The Balaban J connectivity index is 2.16. The number of rotatable bonds is 9. The SMILES string of the molecule is C=C(Nc1ccc(C(=O)NCCC)c(C)c1F)C(C)=N/C=C(\C)C1=C(F)C(F)C(NC)C=C1. The van der Waals surface area contributed by atoms with Crippen molar-refractivity contribution in [2.24, 2.45) is 4.99 Å². The van der Waals surface area contributed by atoms with Gasteiger partial charge in [0.2, 0.25) is 0 Å². The van der Waals surface area contributed by atoms with Crippen LogP contribution in [0.15, 0.2) is 64.7 Å². The van der Waals surface area contributed by atoms with Crippen LogP contribution in [0.2, 0.25) is 0 Å². The van der Waals surface area contributed by atoms with Crippen molar-refractivity contribution in [1.82, 2.24) is 10.6 Å². The van der Waals surface area contributed by atoms with Crippen molar-refractivity contribution in [1.29, 1.82) is 0 Å². The fraction of sp³-hybridized carbons (Fsp3) is 0.360. The zero-order valence-corrected chi connectivity index (χ0v) is 19.7. The van der Waals surface area contributed by atoms with E-state index < -0.39 is 23.9 Å². The van der Waals surface area contributed by atoms with Crippen molar-refractivity contribution in [3.8, 4) is 0 Å². The Labute approximate surface area is 193 Å². The summed E-state index contributed by atoms with van der Waals surface area (Å²) in [7, 11) is 1.56. The molecular weight excluding hydrogens is 429 g/mol. The molecule has 0 spiro atoms. The molecule has 0 heterocycles. The number of alkyl halides is 1. The molecule has 0 saturated carbocycles. The number of hydrogen-bond donors (Lipinski definition) is 3. The van der Waals surface area contributed by atoms with E-state index in [0.717, 1.165) is 6.42 Å². The summed E-state index contributed by atoms with van der Waals surface area (Å²) in [4.78, 5) is 16.4. The monoisotopic (exact) mass is 460 g/mol. The number of nitrogens with zero attached hydrogens (tertiary/aromatic N) is 1. The molecule has 8 heteroatoms. The average Bonchev–Trinajstić information content (AvgIpc) is 2.80. The van der Waals surface area contributed by atoms with Crippen molar-refractivity contribution >= 4 is 17.3 Å². The standard InChI is InChI=1S/C25H31F3N4O/c1-7-12-30-25(33)19-9-11-21(22(26)15(19)3)32-17(5)16(4)31-13-14(2)18-8-10-20(29-6)24(28)23(18)27/h8-11,13,20,24,29,32H,5,7,12H2,1-4,6H3,(H,30,33)/b14-13+,31-16?. The molecule has 1 amide bonds. The molecule has 1 aromatic carbocycles. The number of likely N-dealkylation sites (N-methyl/N-ethyl adjacent to an activating group) is 1. The lowest BCUT2D eigenvalue weighted by molar-refractivity contribution is 0.0952. The zero-order valence-electron chi connectivity index (χ0n) is 19.7. The Morgan fingerprint density at radius 2 is 1.97 bits per heavy atom. The number of hydrogen-bond acceptors (Lipinski definition) is 4. The number of anilines is 1. The van der Waals surface area contributed by atoms with E-state index in [0.29, 0.717) is 23.5 Å². The van der Waals surface area contributed by atoms with E-state index in [1.54, 1.807) is 33.0 Å². The molecule has 2 atom stereocenters. The third-order valence-electron chi connectivity index (χ3n) is 5.38. The van der Waals surface area contributed by atoms with Crippen LogP contribution in [0.1, 0.15) is 43.1 Å². The second kappa shape index (κ2) is 11.7. The first-order valence-electron chi connectivity index (χ1n) is 10.8. The molecule has 0 aromatic heterocycles. The predicted molar refractivity (Wildman–Crippen MR) is 128 cm³/mol. The summed E-state index contributed by atoms with van der Waals surface area (Å²) >= 11 is 0. The van der Waals surface area contributed by atoms with Crippen LogP contribution in [-0.2, 0) is 0 Å². The fourth-order valence-corrected chi connectivity index (χ4v) is 3.20. The molecule has 0 radical (unpaired) electrons. The lowest BCUT2D eigenvalue weighted by Crippen LogP contribution is -2.35. The summed E-state index contributed by atoms with van der Waals surface area (Å²) in [5, 5.41) is 8.30. The first kappa shape index (κ1) is 26.1. The van der Waals surface area contributed by atoms with Crippen molar-refractivity contribution in [3.63, 3.8) is 0 Å². The molecule has 178 valence electrons. The van der Waals surface area contributed by atoms with E-state index in [1.807, 2.05) is 6.92 Å². The van der Waals surface area contributed by atoms with Crippen LogP contribution in [-0.4, -0.2) is 37.4 Å². The Morgan fingerprint density at radius 1 is 1.27 bits per heavy atom. The Bertz CT molecular complexity index is 1040. The molecule has 0 fully saturated rings. The maximum Gasteiger partial charge on any atom is 0.251 e. The van der Waals surface area contributed by atoms with Crippen LogP contribution >= 0.6 is 0 Å². The number of amides is 1. The third kappa shape index (κ3) is 6.22. The van der Waals surface area contributed by atoms with Gasteiger partial charge in [0.05, 0.1) is 23.1 Å². The first-order valence-corrected chi connectivity index (χ1v) is 10.8. The molecule has 0 aliphatic heterocycles. The quantitative estimate of drug-likeness (QED) is 0.439. The lowest BCUT2D eigenvalue weighted by atomic mass is 9.96. The highest BCUT2D eigenvalue weighted by atomic mass is 19.2.